The molecule has 2 N–H and O–H groups in total. The monoisotopic (exact) mass is 577 g/mol. The smallest absolute Gasteiger partial charge is 0.275 e. The van der Waals surface area contributed by atoms with Crippen molar-refractivity contribution < 1.29 is 19.4 Å². The van der Waals surface area contributed by atoms with Crippen molar-refractivity contribution in [3.05, 3.63) is 132 Å². The minimum absolute atomic E-state index is 0.00721. The number of aromatic nitrogens is 2. The molecule has 7 nitrogen and oxygen atoms in total. The van der Waals surface area contributed by atoms with E-state index < -0.39 is 6.29 Å². The number of nitrogens with one attached hydrogen (secondary N) is 1. The van der Waals surface area contributed by atoms with Crippen LogP contribution in [0.3, 0.4) is 0 Å². The van der Waals surface area contributed by atoms with Crippen molar-refractivity contribution in [1.29, 1.82) is 0 Å². The summed E-state index contributed by atoms with van der Waals surface area (Å²) in [7, 11) is 0. The average Bonchev–Trinajstić information content (AvgIpc) is 3.04. The molecule has 0 unspecified atom stereocenters. The summed E-state index contributed by atoms with van der Waals surface area (Å²) < 4.78 is 13.2. The van der Waals surface area contributed by atoms with E-state index in [0.717, 1.165) is 28.0 Å². The Morgan fingerprint density at radius 1 is 0.881 bits per heavy atom. The molecule has 42 heavy (non-hydrogen) atoms. The molecular formula is C34H31N3O4S. The van der Waals surface area contributed by atoms with Gasteiger partial charge in [-0.25, -0.2) is 4.98 Å². The van der Waals surface area contributed by atoms with Crippen molar-refractivity contribution in [3.63, 3.8) is 0 Å². The van der Waals surface area contributed by atoms with E-state index in [0.29, 0.717) is 11.2 Å². The zero-order valence-corrected chi connectivity index (χ0v) is 23.9. The van der Waals surface area contributed by atoms with Gasteiger partial charge in [-0.3, -0.25) is 9.78 Å². The number of hydrogen-bond acceptors (Lipinski definition) is 7. The number of carbonyl (C=O) groups excluding carboxylic acids is 1. The molecule has 2 heterocycles. The summed E-state index contributed by atoms with van der Waals surface area (Å²) in [6, 6.07) is 33.1. The van der Waals surface area contributed by atoms with E-state index in [1.807, 2.05) is 91.0 Å². The number of ether oxygens (including phenoxy) is 2. The predicted molar refractivity (Wildman–Crippen MR) is 164 cm³/mol. The van der Waals surface area contributed by atoms with Crippen molar-refractivity contribution in [3.8, 4) is 0 Å². The molecule has 0 aliphatic carbocycles. The highest BCUT2D eigenvalue weighted by Crippen LogP contribution is 2.43. The molecule has 1 amide bonds. The van der Waals surface area contributed by atoms with Gasteiger partial charge in [-0.2, -0.15) is 0 Å². The van der Waals surface area contributed by atoms with Crippen LogP contribution in [0.2, 0.25) is 0 Å². The quantitative estimate of drug-likeness (QED) is 0.193. The molecule has 212 valence electrons. The summed E-state index contributed by atoms with van der Waals surface area (Å²) in [4.78, 5) is 23.1. The number of aliphatic hydroxyl groups is 1. The molecule has 1 fully saturated rings. The van der Waals surface area contributed by atoms with Crippen molar-refractivity contribution in [2.24, 2.45) is 5.92 Å². The third-order valence-electron chi connectivity index (χ3n) is 7.38. The fraction of sp³-hybridized carbons (Fsp3) is 0.206. The molecule has 0 saturated carbocycles. The largest absolute Gasteiger partial charge is 0.392 e. The zero-order chi connectivity index (χ0) is 28.9. The van der Waals surface area contributed by atoms with Crippen LogP contribution in [-0.4, -0.2) is 32.8 Å². The SMILES string of the molecule is C[C@@H]1[C@H](CSc2ccccc2)O[C@H](c2cccc(NC(=O)c3cnc4ccccc4n3)c2)O[C@@H]1c1ccc(CO)cc1. The number of benzene rings is 4. The Morgan fingerprint density at radius 2 is 1.64 bits per heavy atom. The van der Waals surface area contributed by atoms with Crippen LogP contribution in [0.25, 0.3) is 11.0 Å². The molecule has 1 aromatic heterocycles. The van der Waals surface area contributed by atoms with Crippen LogP contribution in [0.1, 0.15) is 46.5 Å². The minimum atomic E-state index is -0.637. The summed E-state index contributed by atoms with van der Waals surface area (Å²) in [5.74, 6) is 0.489. The fourth-order valence-corrected chi connectivity index (χ4v) is 6.12. The second-order valence-corrected chi connectivity index (χ2v) is 11.4. The van der Waals surface area contributed by atoms with E-state index in [1.165, 1.54) is 11.1 Å². The molecule has 6 rings (SSSR count). The van der Waals surface area contributed by atoms with Crippen LogP contribution in [0.5, 0.6) is 0 Å². The highest BCUT2D eigenvalue weighted by Gasteiger charge is 2.38. The summed E-state index contributed by atoms with van der Waals surface area (Å²) >= 11 is 1.76. The standard InChI is InChI=1S/C34H31N3O4S/c1-22-31(21-42-27-10-3-2-4-11-27)40-34(41-32(22)24-16-14-23(20-38)15-17-24)25-8-7-9-26(18-25)36-33(39)30-19-35-28-12-5-6-13-29(28)37-30/h2-19,22,31-32,34,38H,20-21H2,1H3,(H,36,39)/t22-,31+,32+,34+/m1/s1. The normalized spacial score (nSPS) is 20.3. The van der Waals surface area contributed by atoms with E-state index in [4.69, 9.17) is 9.47 Å². The summed E-state index contributed by atoms with van der Waals surface area (Å²) in [5, 5.41) is 12.5. The van der Waals surface area contributed by atoms with Gasteiger partial charge in [0, 0.05) is 27.8 Å². The molecule has 1 saturated heterocycles. The maximum Gasteiger partial charge on any atom is 0.275 e. The average molecular weight is 578 g/mol. The van der Waals surface area contributed by atoms with Crippen LogP contribution in [-0.2, 0) is 16.1 Å². The Bertz CT molecular complexity index is 1670. The first-order valence-corrected chi connectivity index (χ1v) is 14.9. The maximum atomic E-state index is 13.1. The second kappa shape index (κ2) is 12.8. The van der Waals surface area contributed by atoms with Crippen LogP contribution < -0.4 is 5.32 Å². The van der Waals surface area contributed by atoms with Crippen molar-refractivity contribution in [2.45, 2.75) is 36.9 Å². The number of nitrogens with zero attached hydrogens (tertiary/aromatic N) is 2. The number of rotatable bonds is 8. The Morgan fingerprint density at radius 3 is 2.43 bits per heavy atom. The van der Waals surface area contributed by atoms with Crippen LogP contribution >= 0.6 is 11.8 Å². The number of carbonyl (C=O) groups is 1. The first-order valence-electron chi connectivity index (χ1n) is 13.9. The summed E-state index contributed by atoms with van der Waals surface area (Å²) in [6.45, 7) is 2.14. The van der Waals surface area contributed by atoms with Gasteiger partial charge in [0.1, 0.15) is 5.69 Å². The summed E-state index contributed by atoms with van der Waals surface area (Å²) in [5.41, 5.74) is 4.93. The van der Waals surface area contributed by atoms with E-state index in [2.05, 4.69) is 34.3 Å². The molecule has 1 aliphatic heterocycles. The predicted octanol–water partition coefficient (Wildman–Crippen LogP) is 6.96. The van der Waals surface area contributed by atoms with E-state index in [9.17, 15) is 9.90 Å². The number of fused-ring (bicyclic) bond motifs is 1. The van der Waals surface area contributed by atoms with Crippen LogP contribution in [0, 0.1) is 5.92 Å². The Labute approximate surface area is 248 Å². The molecule has 5 aromatic rings. The lowest BCUT2D eigenvalue weighted by molar-refractivity contribution is -0.268. The van der Waals surface area contributed by atoms with Gasteiger partial charge in [0.05, 0.1) is 36.0 Å². The van der Waals surface area contributed by atoms with Gasteiger partial charge in [-0.1, -0.05) is 73.7 Å². The molecule has 0 bridgehead atoms. The molecule has 0 spiro atoms. The van der Waals surface area contributed by atoms with E-state index >= 15 is 0 Å². The van der Waals surface area contributed by atoms with Gasteiger partial charge < -0.3 is 19.9 Å². The third kappa shape index (κ3) is 6.37. The number of hydrogen-bond donors (Lipinski definition) is 2. The summed E-state index contributed by atoms with van der Waals surface area (Å²) in [6.07, 6.45) is 0.534. The molecule has 8 heteroatoms. The second-order valence-electron chi connectivity index (χ2n) is 10.3. The third-order valence-corrected chi connectivity index (χ3v) is 8.48. The number of anilines is 1. The van der Waals surface area contributed by atoms with Gasteiger partial charge in [-0.05, 0) is 47.5 Å². The fourth-order valence-electron chi connectivity index (χ4n) is 5.03. The van der Waals surface area contributed by atoms with Gasteiger partial charge >= 0.3 is 0 Å². The number of para-hydroxylation sites is 2. The van der Waals surface area contributed by atoms with Crippen molar-refractivity contribution in [1.82, 2.24) is 9.97 Å². The van der Waals surface area contributed by atoms with Crippen molar-refractivity contribution in [2.75, 3.05) is 11.1 Å². The highest BCUT2D eigenvalue weighted by atomic mass is 32.2. The molecular weight excluding hydrogens is 546 g/mol. The molecule has 1 aliphatic rings. The Kier molecular flexibility index (Phi) is 8.58. The number of thioether (sulfide) groups is 1. The lowest BCUT2D eigenvalue weighted by Gasteiger charge is -2.41. The Hall–Kier alpha value is -4.08. The van der Waals surface area contributed by atoms with Crippen molar-refractivity contribution >= 4 is 34.4 Å². The lowest BCUT2D eigenvalue weighted by atomic mass is 9.91. The number of amides is 1. The minimum Gasteiger partial charge on any atom is -0.392 e. The number of aliphatic hydroxyl groups excluding tert-OH is 1. The van der Waals surface area contributed by atoms with E-state index in [-0.39, 0.29) is 36.3 Å². The topological polar surface area (TPSA) is 93.6 Å². The van der Waals surface area contributed by atoms with Gasteiger partial charge in [0.15, 0.2) is 6.29 Å². The van der Waals surface area contributed by atoms with Gasteiger partial charge in [0.2, 0.25) is 0 Å². The van der Waals surface area contributed by atoms with Gasteiger partial charge in [-0.15, -0.1) is 11.8 Å². The zero-order valence-electron chi connectivity index (χ0n) is 23.1. The Balaban J connectivity index is 1.23. The molecule has 0 radical (unpaired) electrons. The first-order chi connectivity index (χ1) is 20.6. The molecule has 4 atom stereocenters. The maximum absolute atomic E-state index is 13.1. The van der Waals surface area contributed by atoms with Crippen LogP contribution in [0.4, 0.5) is 5.69 Å². The lowest BCUT2D eigenvalue weighted by Crippen LogP contribution is -2.38. The molecule has 4 aromatic carbocycles. The highest BCUT2D eigenvalue weighted by molar-refractivity contribution is 7.99. The van der Waals surface area contributed by atoms with Gasteiger partial charge in [0.25, 0.3) is 5.91 Å². The van der Waals surface area contributed by atoms with Crippen LogP contribution in [0.15, 0.2) is 114 Å². The van der Waals surface area contributed by atoms with E-state index in [1.54, 1.807) is 11.8 Å². The first kappa shape index (κ1) is 28.1.